The number of aliphatic carboxylic acids is 1. The Morgan fingerprint density at radius 3 is 1.92 bits per heavy atom. The minimum Gasteiger partial charge on any atom is -0.480 e. The van der Waals surface area contributed by atoms with E-state index in [0.29, 0.717) is 18.4 Å². The quantitative estimate of drug-likeness (QED) is 0.165. The maximum absolute atomic E-state index is 12.6. The van der Waals surface area contributed by atoms with E-state index >= 15 is 0 Å². The topological polar surface area (TPSA) is 142 Å². The van der Waals surface area contributed by atoms with Crippen LogP contribution in [0, 0.1) is 17.8 Å². The Bertz CT molecular complexity index is 947. The zero-order valence-electron chi connectivity index (χ0n) is 23.8. The first-order chi connectivity index (χ1) is 17.9. The first-order valence-electron chi connectivity index (χ1n) is 13.6. The number of carbonyl (C=O) groups is 4. The molecule has 0 aliphatic heterocycles. The largest absolute Gasteiger partial charge is 0.480 e. The molecule has 5 unspecified atom stereocenters. The predicted molar refractivity (Wildman–Crippen MR) is 144 cm³/mol. The predicted octanol–water partition coefficient (Wildman–Crippen LogP) is 5.23. The third-order valence-corrected chi connectivity index (χ3v) is 7.08. The molecule has 0 aliphatic carbocycles. The van der Waals surface area contributed by atoms with E-state index in [-0.39, 0.29) is 29.8 Å². The summed E-state index contributed by atoms with van der Waals surface area (Å²) in [6.07, 6.45) is 3.38. The molecule has 1 aromatic rings. The van der Waals surface area contributed by atoms with Gasteiger partial charge in [-0.15, -0.1) is 0 Å². The summed E-state index contributed by atoms with van der Waals surface area (Å²) in [6.45, 7) is 12.7. The van der Waals surface area contributed by atoms with Gasteiger partial charge in [0, 0.05) is 18.3 Å². The van der Waals surface area contributed by atoms with E-state index in [1.807, 2.05) is 20.8 Å². The van der Waals surface area contributed by atoms with Crippen molar-refractivity contribution in [2.24, 2.45) is 23.5 Å². The third-order valence-electron chi connectivity index (χ3n) is 7.08. The highest BCUT2D eigenvalue weighted by Gasteiger charge is 2.36. The Labute approximate surface area is 226 Å². The van der Waals surface area contributed by atoms with Crippen LogP contribution in [0.3, 0.4) is 0 Å². The highest BCUT2D eigenvalue weighted by molar-refractivity contribution is 5.79. The second kappa shape index (κ2) is 16.1. The van der Waals surface area contributed by atoms with E-state index in [0.717, 1.165) is 19.3 Å². The minimum absolute atomic E-state index is 0.00320. The summed E-state index contributed by atoms with van der Waals surface area (Å²) in [5.41, 5.74) is 6.58. The number of esters is 3. The van der Waals surface area contributed by atoms with E-state index in [1.54, 1.807) is 33.8 Å². The number of nitrogens with two attached hydrogens (primary N) is 1. The second-order valence-corrected chi connectivity index (χ2v) is 10.1. The van der Waals surface area contributed by atoms with Crippen molar-refractivity contribution in [3.05, 3.63) is 23.8 Å². The fourth-order valence-electron chi connectivity index (χ4n) is 3.82. The molecular weight excluding hydrogens is 490 g/mol. The van der Waals surface area contributed by atoms with Crippen molar-refractivity contribution in [1.29, 1.82) is 0 Å². The number of hydrogen-bond donors (Lipinski definition) is 2. The zero-order chi connectivity index (χ0) is 29.0. The number of benzene rings is 1. The average Bonchev–Trinajstić information content (AvgIpc) is 2.88. The van der Waals surface area contributed by atoms with Crippen LogP contribution in [-0.4, -0.2) is 41.1 Å². The number of hydrogen-bond acceptors (Lipinski definition) is 8. The summed E-state index contributed by atoms with van der Waals surface area (Å²) < 4.78 is 16.7. The van der Waals surface area contributed by atoms with Crippen molar-refractivity contribution in [3.63, 3.8) is 0 Å². The molecule has 0 aromatic heterocycles. The molecule has 9 nitrogen and oxygen atoms in total. The van der Waals surface area contributed by atoms with E-state index in [2.05, 4.69) is 0 Å². The van der Waals surface area contributed by atoms with Gasteiger partial charge in [0.1, 0.15) is 12.1 Å². The van der Waals surface area contributed by atoms with Gasteiger partial charge in [-0.2, -0.15) is 0 Å². The van der Waals surface area contributed by atoms with Crippen LogP contribution < -0.4 is 15.2 Å². The third kappa shape index (κ3) is 9.74. The zero-order valence-corrected chi connectivity index (χ0v) is 23.8. The lowest BCUT2D eigenvalue weighted by atomic mass is 9.79. The van der Waals surface area contributed by atoms with Crippen LogP contribution in [0.4, 0.5) is 0 Å². The summed E-state index contributed by atoms with van der Waals surface area (Å²) >= 11 is 0. The minimum atomic E-state index is -1.34. The van der Waals surface area contributed by atoms with Gasteiger partial charge < -0.3 is 25.1 Å². The molecule has 0 aliphatic rings. The molecule has 0 fully saturated rings. The molecule has 0 heterocycles. The molecule has 214 valence electrons. The molecule has 0 spiro atoms. The molecular formula is C29H45NO8. The second-order valence-electron chi connectivity index (χ2n) is 10.1. The van der Waals surface area contributed by atoms with Crippen LogP contribution in [0.5, 0.6) is 11.5 Å². The van der Waals surface area contributed by atoms with E-state index in [9.17, 15) is 24.3 Å². The summed E-state index contributed by atoms with van der Waals surface area (Å²) in [6, 6.07) is 3.22. The van der Waals surface area contributed by atoms with Gasteiger partial charge in [-0.3, -0.25) is 19.2 Å². The van der Waals surface area contributed by atoms with Crippen molar-refractivity contribution in [3.8, 4) is 11.5 Å². The fourth-order valence-corrected chi connectivity index (χ4v) is 3.82. The summed E-state index contributed by atoms with van der Waals surface area (Å²) in [5.74, 6) is -4.57. The SMILES string of the molecule is CCCCCC(=O)OC(C)C(C)C(c1ccc(OC(=O)C(C)CC)c(OC(=O)C(C)CC)c1)[C@H](N)C(=O)O. The maximum atomic E-state index is 12.6. The van der Waals surface area contributed by atoms with Crippen LogP contribution in [0.1, 0.15) is 98.5 Å². The number of carboxylic acids is 1. The Kier molecular flexibility index (Phi) is 14.0. The standard InChI is InChI=1S/C29H45NO8/c1-8-11-12-13-24(31)36-20(7)19(6)25(26(30)27(32)33)21-14-15-22(37-28(34)17(4)9-2)23(16-21)38-29(35)18(5)10-3/h14-20,25-26H,8-13,30H2,1-7H3,(H,32,33)/t17?,18?,19?,20?,25?,26-/m0/s1. The van der Waals surface area contributed by atoms with Gasteiger partial charge in [0.05, 0.1) is 11.8 Å². The molecule has 1 rings (SSSR count). The van der Waals surface area contributed by atoms with Gasteiger partial charge in [0.2, 0.25) is 0 Å². The fraction of sp³-hybridized carbons (Fsp3) is 0.655. The summed E-state index contributed by atoms with van der Waals surface area (Å²) in [7, 11) is 0. The molecule has 0 bridgehead atoms. The van der Waals surface area contributed by atoms with Gasteiger partial charge in [-0.1, -0.05) is 60.5 Å². The summed E-state index contributed by atoms with van der Waals surface area (Å²) in [5, 5.41) is 9.76. The van der Waals surface area contributed by atoms with Gasteiger partial charge in [0.25, 0.3) is 0 Å². The molecule has 3 N–H and O–H groups in total. The first kappa shape index (κ1) is 33.1. The Balaban J connectivity index is 3.42. The van der Waals surface area contributed by atoms with Crippen molar-refractivity contribution in [2.75, 3.05) is 0 Å². The van der Waals surface area contributed by atoms with Crippen LogP contribution >= 0.6 is 0 Å². The van der Waals surface area contributed by atoms with Gasteiger partial charge in [0.15, 0.2) is 11.5 Å². The Hall–Kier alpha value is -2.94. The Morgan fingerprint density at radius 2 is 1.42 bits per heavy atom. The lowest BCUT2D eigenvalue weighted by molar-refractivity contribution is -0.151. The Morgan fingerprint density at radius 1 is 0.868 bits per heavy atom. The monoisotopic (exact) mass is 535 g/mol. The number of carbonyl (C=O) groups excluding carboxylic acids is 3. The molecule has 1 aromatic carbocycles. The van der Waals surface area contributed by atoms with Gasteiger partial charge >= 0.3 is 23.9 Å². The molecule has 0 saturated heterocycles. The van der Waals surface area contributed by atoms with E-state index < -0.39 is 47.8 Å². The highest BCUT2D eigenvalue weighted by Crippen LogP contribution is 2.37. The average molecular weight is 536 g/mol. The molecule has 6 atom stereocenters. The van der Waals surface area contributed by atoms with Gasteiger partial charge in [-0.25, -0.2) is 0 Å². The highest BCUT2D eigenvalue weighted by atomic mass is 16.6. The molecule has 0 saturated carbocycles. The molecule has 9 heteroatoms. The van der Waals surface area contributed by atoms with Crippen LogP contribution in [0.25, 0.3) is 0 Å². The van der Waals surface area contributed by atoms with Gasteiger partial charge in [-0.05, 0) is 43.9 Å². The molecule has 38 heavy (non-hydrogen) atoms. The summed E-state index contributed by atoms with van der Waals surface area (Å²) in [4.78, 5) is 49.4. The smallest absolute Gasteiger partial charge is 0.321 e. The number of unbranched alkanes of at least 4 members (excludes halogenated alkanes) is 2. The van der Waals surface area contributed by atoms with E-state index in [1.165, 1.54) is 12.1 Å². The van der Waals surface area contributed by atoms with Crippen molar-refractivity contribution in [2.45, 2.75) is 105 Å². The number of carboxylic acid groups (broad SMARTS) is 1. The normalized spacial score (nSPS) is 15.9. The first-order valence-corrected chi connectivity index (χ1v) is 13.6. The van der Waals surface area contributed by atoms with Crippen LogP contribution in [0.15, 0.2) is 18.2 Å². The lowest BCUT2D eigenvalue weighted by Gasteiger charge is -2.32. The molecule has 0 amide bonds. The number of rotatable bonds is 16. The molecule has 0 radical (unpaired) electrons. The maximum Gasteiger partial charge on any atom is 0.321 e. The van der Waals surface area contributed by atoms with Crippen LogP contribution in [0.2, 0.25) is 0 Å². The van der Waals surface area contributed by atoms with Crippen molar-refractivity contribution in [1.82, 2.24) is 0 Å². The van der Waals surface area contributed by atoms with E-state index in [4.69, 9.17) is 19.9 Å². The number of ether oxygens (including phenoxy) is 3. The van der Waals surface area contributed by atoms with Crippen molar-refractivity contribution < 1.29 is 38.5 Å². The lowest BCUT2D eigenvalue weighted by Crippen LogP contribution is -2.42. The van der Waals surface area contributed by atoms with Crippen molar-refractivity contribution >= 4 is 23.9 Å². The van der Waals surface area contributed by atoms with Crippen LogP contribution in [-0.2, 0) is 23.9 Å².